The van der Waals surface area contributed by atoms with E-state index in [9.17, 15) is 0 Å². The standard InChI is InChI=1S/C7H14N2S/c1-2-8-3-4-9-6-5-10-7(1)6/h6-9H,1-5H2. The van der Waals surface area contributed by atoms with Gasteiger partial charge in [-0.15, -0.1) is 0 Å². The second-order valence-electron chi connectivity index (χ2n) is 2.97. The molecule has 0 amide bonds. The first kappa shape index (κ1) is 6.95. The first-order valence-corrected chi connectivity index (χ1v) is 5.07. The molecule has 0 radical (unpaired) electrons. The highest BCUT2D eigenvalue weighted by molar-refractivity contribution is 8.01. The van der Waals surface area contributed by atoms with Crippen LogP contribution in [-0.4, -0.2) is 36.7 Å². The summed E-state index contributed by atoms with van der Waals surface area (Å²) in [6, 6.07) is 0.840. The minimum atomic E-state index is 0.840. The van der Waals surface area contributed by atoms with Gasteiger partial charge >= 0.3 is 0 Å². The number of hydrogen-bond acceptors (Lipinski definition) is 3. The van der Waals surface area contributed by atoms with Crippen LogP contribution < -0.4 is 10.6 Å². The van der Waals surface area contributed by atoms with Gasteiger partial charge in [0.2, 0.25) is 0 Å². The monoisotopic (exact) mass is 158 g/mol. The smallest absolute Gasteiger partial charge is 0.0278 e. The molecular weight excluding hydrogens is 144 g/mol. The minimum Gasteiger partial charge on any atom is -0.315 e. The molecule has 0 spiro atoms. The Labute approximate surface area is 66.1 Å². The molecule has 58 valence electrons. The van der Waals surface area contributed by atoms with Gasteiger partial charge in [0.25, 0.3) is 0 Å². The number of thioether (sulfide) groups is 1. The van der Waals surface area contributed by atoms with E-state index in [2.05, 4.69) is 22.4 Å². The topological polar surface area (TPSA) is 24.1 Å². The summed E-state index contributed by atoms with van der Waals surface area (Å²) >= 11 is 2.11. The summed E-state index contributed by atoms with van der Waals surface area (Å²) in [5, 5.41) is 7.84. The molecule has 0 aromatic carbocycles. The van der Waals surface area contributed by atoms with Crippen LogP contribution in [0.4, 0.5) is 0 Å². The molecule has 2 unspecified atom stereocenters. The molecule has 0 aromatic heterocycles. The van der Waals surface area contributed by atoms with Crippen LogP contribution in [0.15, 0.2) is 0 Å². The highest BCUT2D eigenvalue weighted by atomic mass is 32.2. The lowest BCUT2D eigenvalue weighted by Gasteiger charge is -2.38. The third-order valence-electron chi connectivity index (χ3n) is 2.25. The summed E-state index contributed by atoms with van der Waals surface area (Å²) in [4.78, 5) is 0. The summed E-state index contributed by atoms with van der Waals surface area (Å²) in [6.45, 7) is 3.52. The van der Waals surface area contributed by atoms with Crippen LogP contribution in [0.1, 0.15) is 6.42 Å². The molecule has 3 heteroatoms. The lowest BCUT2D eigenvalue weighted by Crippen LogP contribution is -2.52. The molecule has 0 bridgehead atoms. The zero-order valence-electron chi connectivity index (χ0n) is 6.10. The van der Waals surface area contributed by atoms with Crippen molar-refractivity contribution in [2.24, 2.45) is 0 Å². The van der Waals surface area contributed by atoms with Crippen LogP contribution in [0.3, 0.4) is 0 Å². The van der Waals surface area contributed by atoms with Crippen LogP contribution in [0.5, 0.6) is 0 Å². The molecule has 0 aliphatic carbocycles. The van der Waals surface area contributed by atoms with Crippen LogP contribution in [0.2, 0.25) is 0 Å². The summed E-state index contributed by atoms with van der Waals surface area (Å²) in [6.07, 6.45) is 1.35. The van der Waals surface area contributed by atoms with E-state index in [-0.39, 0.29) is 0 Å². The van der Waals surface area contributed by atoms with E-state index in [1.165, 1.54) is 18.7 Å². The molecule has 2 nitrogen and oxygen atoms in total. The van der Waals surface area contributed by atoms with Crippen LogP contribution in [0, 0.1) is 0 Å². The van der Waals surface area contributed by atoms with Gasteiger partial charge in [-0.25, -0.2) is 0 Å². The fourth-order valence-corrected chi connectivity index (χ4v) is 2.67. The number of hydrogen-bond donors (Lipinski definition) is 2. The van der Waals surface area contributed by atoms with Crippen molar-refractivity contribution >= 4 is 11.8 Å². The zero-order valence-corrected chi connectivity index (χ0v) is 6.91. The fourth-order valence-electron chi connectivity index (χ4n) is 1.52. The van der Waals surface area contributed by atoms with Gasteiger partial charge in [-0.2, -0.15) is 11.8 Å². The molecule has 2 aliphatic rings. The molecule has 2 saturated heterocycles. The number of fused-ring (bicyclic) bond motifs is 1. The molecule has 0 saturated carbocycles. The Balaban J connectivity index is 1.83. The van der Waals surface area contributed by atoms with Crippen LogP contribution in [0.25, 0.3) is 0 Å². The predicted octanol–water partition coefficient (Wildman–Crippen LogP) is 0.0533. The van der Waals surface area contributed by atoms with E-state index in [1.807, 2.05) is 0 Å². The van der Waals surface area contributed by atoms with E-state index in [0.29, 0.717) is 0 Å². The highest BCUT2D eigenvalue weighted by Gasteiger charge is 2.30. The Hall–Kier alpha value is 0.270. The second kappa shape index (κ2) is 3.11. The van der Waals surface area contributed by atoms with E-state index < -0.39 is 0 Å². The number of nitrogens with one attached hydrogen (secondary N) is 2. The van der Waals surface area contributed by atoms with Crippen molar-refractivity contribution in [3.05, 3.63) is 0 Å². The Morgan fingerprint density at radius 1 is 1.20 bits per heavy atom. The lowest BCUT2D eigenvalue weighted by atomic mass is 10.1. The van der Waals surface area contributed by atoms with Gasteiger partial charge in [0, 0.05) is 30.1 Å². The molecular formula is C7H14N2S. The fraction of sp³-hybridized carbons (Fsp3) is 1.00. The van der Waals surface area contributed by atoms with Crippen molar-refractivity contribution < 1.29 is 0 Å². The van der Waals surface area contributed by atoms with Crippen LogP contribution >= 0.6 is 11.8 Å². The lowest BCUT2D eigenvalue weighted by molar-refractivity contribution is 0.443. The van der Waals surface area contributed by atoms with Crippen molar-refractivity contribution in [2.75, 3.05) is 25.4 Å². The van der Waals surface area contributed by atoms with Crippen molar-refractivity contribution in [3.63, 3.8) is 0 Å². The first-order chi connectivity index (χ1) is 4.97. The largest absolute Gasteiger partial charge is 0.315 e. The van der Waals surface area contributed by atoms with Crippen molar-refractivity contribution in [3.8, 4) is 0 Å². The van der Waals surface area contributed by atoms with Gasteiger partial charge in [-0.3, -0.25) is 0 Å². The third kappa shape index (κ3) is 1.31. The molecule has 2 fully saturated rings. The Bertz CT molecular complexity index is 104. The van der Waals surface area contributed by atoms with Crippen LogP contribution in [-0.2, 0) is 0 Å². The van der Waals surface area contributed by atoms with E-state index >= 15 is 0 Å². The third-order valence-corrected chi connectivity index (χ3v) is 3.80. The van der Waals surface area contributed by atoms with Gasteiger partial charge in [0.15, 0.2) is 0 Å². The minimum absolute atomic E-state index is 0.840. The maximum absolute atomic E-state index is 3.54. The molecule has 2 aliphatic heterocycles. The molecule has 10 heavy (non-hydrogen) atoms. The summed E-state index contributed by atoms with van der Waals surface area (Å²) in [5.74, 6) is 1.34. The van der Waals surface area contributed by atoms with Gasteiger partial charge in [-0.05, 0) is 13.0 Å². The SMILES string of the molecule is C1CNC2CSC2CCN1. The summed E-state index contributed by atoms with van der Waals surface area (Å²) < 4.78 is 0. The van der Waals surface area contributed by atoms with E-state index in [0.717, 1.165) is 24.4 Å². The maximum atomic E-state index is 3.54. The predicted molar refractivity (Wildman–Crippen MR) is 45.5 cm³/mol. The Morgan fingerprint density at radius 3 is 3.00 bits per heavy atom. The first-order valence-electron chi connectivity index (χ1n) is 4.02. The zero-order chi connectivity index (χ0) is 6.81. The van der Waals surface area contributed by atoms with E-state index in [1.54, 1.807) is 0 Å². The van der Waals surface area contributed by atoms with Crippen molar-refractivity contribution in [1.29, 1.82) is 0 Å². The quantitative estimate of drug-likeness (QED) is 0.521. The maximum Gasteiger partial charge on any atom is 0.0278 e. The van der Waals surface area contributed by atoms with Crippen molar-refractivity contribution in [2.45, 2.75) is 17.7 Å². The van der Waals surface area contributed by atoms with Gasteiger partial charge < -0.3 is 10.6 Å². The summed E-state index contributed by atoms with van der Waals surface area (Å²) in [7, 11) is 0. The second-order valence-corrected chi connectivity index (χ2v) is 4.24. The molecule has 2 heterocycles. The molecule has 2 N–H and O–H groups in total. The molecule has 0 aromatic rings. The van der Waals surface area contributed by atoms with E-state index in [4.69, 9.17) is 0 Å². The average Bonchev–Trinajstić information content (AvgIpc) is 1.89. The Morgan fingerprint density at radius 2 is 2.20 bits per heavy atom. The Kier molecular flexibility index (Phi) is 2.16. The normalized spacial score (nSPS) is 40.8. The van der Waals surface area contributed by atoms with Crippen molar-refractivity contribution in [1.82, 2.24) is 10.6 Å². The molecule has 2 atom stereocenters. The molecule has 2 rings (SSSR count). The highest BCUT2D eigenvalue weighted by Crippen LogP contribution is 2.30. The van der Waals surface area contributed by atoms with Gasteiger partial charge in [0.05, 0.1) is 0 Å². The number of rotatable bonds is 0. The summed E-state index contributed by atoms with van der Waals surface area (Å²) in [5.41, 5.74) is 0. The van der Waals surface area contributed by atoms with Gasteiger partial charge in [0.1, 0.15) is 0 Å². The average molecular weight is 158 g/mol. The van der Waals surface area contributed by atoms with Gasteiger partial charge in [-0.1, -0.05) is 0 Å².